The van der Waals surface area contributed by atoms with E-state index in [1.54, 1.807) is 0 Å². The Morgan fingerprint density at radius 2 is 2.00 bits per heavy atom. The van der Waals surface area contributed by atoms with Crippen molar-refractivity contribution in [2.24, 2.45) is 5.92 Å². The minimum atomic E-state index is 0.331. The van der Waals surface area contributed by atoms with Gasteiger partial charge in [-0.05, 0) is 37.8 Å². The molecule has 1 aromatic rings. The van der Waals surface area contributed by atoms with Gasteiger partial charge >= 0.3 is 0 Å². The van der Waals surface area contributed by atoms with Crippen LogP contribution >= 0.6 is 0 Å². The van der Waals surface area contributed by atoms with E-state index < -0.39 is 0 Å². The molecule has 1 fully saturated rings. The molecule has 2 rings (SSSR count). The van der Waals surface area contributed by atoms with Crippen molar-refractivity contribution in [3.63, 3.8) is 0 Å². The van der Waals surface area contributed by atoms with Gasteiger partial charge in [0.15, 0.2) is 0 Å². The number of ether oxygens (including phenoxy) is 1. The average Bonchev–Trinajstić information content (AvgIpc) is 2.41. The first-order chi connectivity index (χ1) is 9.79. The molecule has 2 heteroatoms. The highest BCUT2D eigenvalue weighted by atomic mass is 16.5. The molecular formula is C18H29NO. The fraction of sp³-hybridized carbons (Fsp3) is 0.667. The van der Waals surface area contributed by atoms with Crippen molar-refractivity contribution in [3.05, 3.63) is 35.4 Å². The van der Waals surface area contributed by atoms with Gasteiger partial charge in [0.2, 0.25) is 0 Å². The highest BCUT2D eigenvalue weighted by Crippen LogP contribution is 2.29. The Kier molecular flexibility index (Phi) is 6.55. The largest absolute Gasteiger partial charge is 0.379 e. The molecule has 1 aromatic carbocycles. The number of hydrogen-bond acceptors (Lipinski definition) is 2. The molecule has 1 atom stereocenters. The lowest BCUT2D eigenvalue weighted by Gasteiger charge is -2.25. The van der Waals surface area contributed by atoms with Gasteiger partial charge in [-0.2, -0.15) is 0 Å². The Hall–Kier alpha value is -0.860. The second kappa shape index (κ2) is 8.43. The van der Waals surface area contributed by atoms with Crippen molar-refractivity contribution in [1.82, 2.24) is 5.32 Å². The lowest BCUT2D eigenvalue weighted by atomic mass is 9.83. The Labute approximate surface area is 123 Å². The summed E-state index contributed by atoms with van der Waals surface area (Å²) >= 11 is 0. The third kappa shape index (κ3) is 4.92. The summed E-state index contributed by atoms with van der Waals surface area (Å²) in [6, 6.07) is 9.14. The van der Waals surface area contributed by atoms with Crippen molar-refractivity contribution in [2.45, 2.75) is 52.0 Å². The van der Waals surface area contributed by atoms with Crippen LogP contribution in [0.25, 0.3) is 0 Å². The Morgan fingerprint density at radius 1 is 1.25 bits per heavy atom. The topological polar surface area (TPSA) is 21.3 Å². The van der Waals surface area contributed by atoms with Gasteiger partial charge in [0, 0.05) is 6.61 Å². The summed E-state index contributed by atoms with van der Waals surface area (Å²) in [4.78, 5) is 0. The SMILES string of the molecule is CCCNC(COCCC1CCC1)c1ccc(C)cc1. The number of hydrogen-bond donors (Lipinski definition) is 1. The van der Waals surface area contributed by atoms with E-state index in [1.807, 2.05) is 0 Å². The second-order valence-corrected chi connectivity index (χ2v) is 6.08. The summed E-state index contributed by atoms with van der Waals surface area (Å²) in [6.07, 6.45) is 6.66. The number of aryl methyl sites for hydroxylation is 1. The summed E-state index contributed by atoms with van der Waals surface area (Å²) in [6.45, 7) is 7.09. The van der Waals surface area contributed by atoms with E-state index in [-0.39, 0.29) is 0 Å². The second-order valence-electron chi connectivity index (χ2n) is 6.08. The molecule has 2 nitrogen and oxygen atoms in total. The zero-order valence-electron chi connectivity index (χ0n) is 13.0. The van der Waals surface area contributed by atoms with E-state index in [4.69, 9.17) is 4.74 Å². The predicted octanol–water partition coefficient (Wildman–Crippen LogP) is 4.24. The standard InChI is InChI=1S/C18H29NO/c1-3-12-19-18(17-9-7-15(2)8-10-17)14-20-13-11-16-5-4-6-16/h7-10,16,18-19H,3-6,11-14H2,1-2H3. The van der Waals surface area contributed by atoms with Crippen LogP contribution in [-0.4, -0.2) is 19.8 Å². The van der Waals surface area contributed by atoms with Crippen LogP contribution in [0, 0.1) is 12.8 Å². The van der Waals surface area contributed by atoms with Gasteiger partial charge in [0.25, 0.3) is 0 Å². The zero-order chi connectivity index (χ0) is 14.2. The molecule has 0 heterocycles. The zero-order valence-corrected chi connectivity index (χ0v) is 13.0. The summed E-state index contributed by atoms with van der Waals surface area (Å²) in [5.41, 5.74) is 2.65. The van der Waals surface area contributed by atoms with Gasteiger partial charge in [0.05, 0.1) is 12.6 Å². The average molecular weight is 275 g/mol. The summed E-state index contributed by atoms with van der Waals surface area (Å²) in [7, 11) is 0. The minimum Gasteiger partial charge on any atom is -0.379 e. The number of benzene rings is 1. The predicted molar refractivity (Wildman–Crippen MR) is 85.0 cm³/mol. The number of nitrogens with one attached hydrogen (secondary N) is 1. The van der Waals surface area contributed by atoms with E-state index in [1.165, 1.54) is 36.8 Å². The Morgan fingerprint density at radius 3 is 2.60 bits per heavy atom. The smallest absolute Gasteiger partial charge is 0.0661 e. The first-order valence-corrected chi connectivity index (χ1v) is 8.17. The van der Waals surface area contributed by atoms with Gasteiger partial charge in [-0.15, -0.1) is 0 Å². The molecule has 1 aliphatic carbocycles. The molecule has 0 aromatic heterocycles. The first-order valence-electron chi connectivity index (χ1n) is 8.17. The molecule has 1 saturated carbocycles. The van der Waals surface area contributed by atoms with E-state index >= 15 is 0 Å². The normalized spacial score (nSPS) is 16.9. The Bertz CT molecular complexity index is 370. The molecule has 0 spiro atoms. The van der Waals surface area contributed by atoms with Crippen LogP contribution < -0.4 is 5.32 Å². The van der Waals surface area contributed by atoms with E-state index in [9.17, 15) is 0 Å². The molecule has 0 radical (unpaired) electrons. The third-order valence-corrected chi connectivity index (χ3v) is 4.30. The highest BCUT2D eigenvalue weighted by molar-refractivity contribution is 5.24. The quantitative estimate of drug-likeness (QED) is 0.681. The lowest BCUT2D eigenvalue weighted by molar-refractivity contribution is 0.0888. The van der Waals surface area contributed by atoms with Crippen molar-refractivity contribution < 1.29 is 4.74 Å². The number of rotatable bonds is 9. The van der Waals surface area contributed by atoms with Crippen LogP contribution in [0.4, 0.5) is 0 Å². The van der Waals surface area contributed by atoms with Crippen LogP contribution in [-0.2, 0) is 4.74 Å². The summed E-state index contributed by atoms with van der Waals surface area (Å²) < 4.78 is 5.92. The molecule has 0 saturated heterocycles. The minimum absolute atomic E-state index is 0.331. The van der Waals surface area contributed by atoms with Gasteiger partial charge in [-0.25, -0.2) is 0 Å². The lowest BCUT2D eigenvalue weighted by Crippen LogP contribution is -2.27. The van der Waals surface area contributed by atoms with Crippen LogP contribution in [0.2, 0.25) is 0 Å². The van der Waals surface area contributed by atoms with Crippen molar-refractivity contribution in [1.29, 1.82) is 0 Å². The van der Waals surface area contributed by atoms with Crippen LogP contribution in [0.3, 0.4) is 0 Å². The molecule has 0 aliphatic heterocycles. The van der Waals surface area contributed by atoms with Crippen LogP contribution in [0.15, 0.2) is 24.3 Å². The van der Waals surface area contributed by atoms with E-state index in [0.717, 1.165) is 32.1 Å². The fourth-order valence-corrected chi connectivity index (χ4v) is 2.62. The maximum absolute atomic E-state index is 5.92. The van der Waals surface area contributed by atoms with Crippen LogP contribution in [0.1, 0.15) is 56.2 Å². The fourth-order valence-electron chi connectivity index (χ4n) is 2.62. The summed E-state index contributed by atoms with van der Waals surface area (Å²) in [5, 5.41) is 3.60. The van der Waals surface area contributed by atoms with E-state index in [2.05, 4.69) is 43.4 Å². The maximum atomic E-state index is 5.92. The molecule has 1 N–H and O–H groups in total. The molecular weight excluding hydrogens is 246 g/mol. The van der Waals surface area contributed by atoms with Crippen molar-refractivity contribution in [3.8, 4) is 0 Å². The van der Waals surface area contributed by atoms with Crippen molar-refractivity contribution >= 4 is 0 Å². The molecule has 1 aliphatic rings. The molecule has 112 valence electrons. The summed E-state index contributed by atoms with van der Waals surface area (Å²) in [5.74, 6) is 0.941. The van der Waals surface area contributed by atoms with Gasteiger partial charge < -0.3 is 10.1 Å². The van der Waals surface area contributed by atoms with Crippen LogP contribution in [0.5, 0.6) is 0 Å². The first kappa shape index (κ1) is 15.5. The maximum Gasteiger partial charge on any atom is 0.0661 e. The molecule has 0 bridgehead atoms. The Balaban J connectivity index is 1.77. The van der Waals surface area contributed by atoms with Gasteiger partial charge in [-0.3, -0.25) is 0 Å². The van der Waals surface area contributed by atoms with E-state index in [0.29, 0.717) is 6.04 Å². The molecule has 0 amide bonds. The molecule has 1 unspecified atom stereocenters. The van der Waals surface area contributed by atoms with Crippen molar-refractivity contribution in [2.75, 3.05) is 19.8 Å². The highest BCUT2D eigenvalue weighted by Gasteiger charge is 2.17. The molecule has 20 heavy (non-hydrogen) atoms. The third-order valence-electron chi connectivity index (χ3n) is 4.30. The monoisotopic (exact) mass is 275 g/mol. The van der Waals surface area contributed by atoms with Gasteiger partial charge in [-0.1, -0.05) is 56.0 Å². The van der Waals surface area contributed by atoms with Gasteiger partial charge in [0.1, 0.15) is 0 Å².